The largest absolute Gasteiger partial charge is 0.371 e. The summed E-state index contributed by atoms with van der Waals surface area (Å²) in [6, 6.07) is 0. The normalized spacial score (nSPS) is 21.7. The topological polar surface area (TPSA) is 34.2 Å². The zero-order chi connectivity index (χ0) is 10.8. The second-order valence-electron chi connectivity index (χ2n) is 3.19. The first kappa shape index (κ1) is 10.4. The van der Waals surface area contributed by atoms with E-state index in [1.54, 1.807) is 0 Å². The first-order chi connectivity index (χ1) is 7.20. The second kappa shape index (κ2) is 4.16. The SMILES string of the molecule is Fc1cnc(F)c(F)c1C1CNCCO1. The van der Waals surface area contributed by atoms with Gasteiger partial charge in [0.2, 0.25) is 5.95 Å². The van der Waals surface area contributed by atoms with Gasteiger partial charge < -0.3 is 10.1 Å². The molecule has 3 nitrogen and oxygen atoms in total. The summed E-state index contributed by atoms with van der Waals surface area (Å²) in [5, 5.41) is 2.91. The molecule has 6 heteroatoms. The molecule has 1 saturated heterocycles. The molecule has 1 aliphatic heterocycles. The Morgan fingerprint density at radius 3 is 2.87 bits per heavy atom. The molecule has 1 aromatic rings. The molecule has 0 radical (unpaired) electrons. The van der Waals surface area contributed by atoms with E-state index in [0.29, 0.717) is 19.3 Å². The summed E-state index contributed by atoms with van der Waals surface area (Å²) in [6.07, 6.45) is -0.137. The van der Waals surface area contributed by atoms with E-state index in [1.807, 2.05) is 0 Å². The van der Waals surface area contributed by atoms with Gasteiger partial charge in [-0.15, -0.1) is 0 Å². The lowest BCUT2D eigenvalue weighted by Gasteiger charge is -2.24. The highest BCUT2D eigenvalue weighted by Gasteiger charge is 2.25. The van der Waals surface area contributed by atoms with Gasteiger partial charge in [-0.2, -0.15) is 4.39 Å². The fraction of sp³-hybridized carbons (Fsp3) is 0.444. The number of halogens is 3. The zero-order valence-corrected chi connectivity index (χ0v) is 7.77. The maximum absolute atomic E-state index is 13.3. The number of morpholine rings is 1. The van der Waals surface area contributed by atoms with E-state index in [1.165, 1.54) is 0 Å². The van der Waals surface area contributed by atoms with E-state index in [-0.39, 0.29) is 6.54 Å². The van der Waals surface area contributed by atoms with Gasteiger partial charge in [0.05, 0.1) is 18.4 Å². The minimum Gasteiger partial charge on any atom is -0.371 e. The van der Waals surface area contributed by atoms with Crippen LogP contribution < -0.4 is 5.32 Å². The minimum atomic E-state index is -1.31. The number of hydrogen-bond donors (Lipinski definition) is 1. The van der Waals surface area contributed by atoms with Crippen LogP contribution in [0.4, 0.5) is 13.2 Å². The Bertz CT molecular complexity index is 367. The van der Waals surface area contributed by atoms with E-state index in [0.717, 1.165) is 0 Å². The minimum absolute atomic E-state index is 0.261. The maximum atomic E-state index is 13.3. The molecule has 0 saturated carbocycles. The molecule has 0 amide bonds. The Hall–Kier alpha value is -1.14. The molecule has 1 N–H and O–H groups in total. The monoisotopic (exact) mass is 218 g/mol. The Balaban J connectivity index is 2.36. The predicted molar refractivity (Wildman–Crippen MR) is 45.7 cm³/mol. The average Bonchev–Trinajstić information content (AvgIpc) is 2.26. The van der Waals surface area contributed by atoms with Gasteiger partial charge in [-0.3, -0.25) is 0 Å². The van der Waals surface area contributed by atoms with Crippen molar-refractivity contribution in [2.75, 3.05) is 19.7 Å². The molecule has 1 atom stereocenters. The van der Waals surface area contributed by atoms with Gasteiger partial charge in [0.1, 0.15) is 6.10 Å². The van der Waals surface area contributed by atoms with Crippen molar-refractivity contribution < 1.29 is 17.9 Å². The van der Waals surface area contributed by atoms with Crippen LogP contribution in [0.15, 0.2) is 6.20 Å². The Morgan fingerprint density at radius 2 is 2.20 bits per heavy atom. The molecule has 0 aromatic carbocycles. The molecular weight excluding hydrogens is 209 g/mol. The quantitative estimate of drug-likeness (QED) is 0.718. The Morgan fingerprint density at radius 1 is 1.40 bits per heavy atom. The van der Waals surface area contributed by atoms with Crippen molar-refractivity contribution in [1.82, 2.24) is 10.3 Å². The summed E-state index contributed by atoms with van der Waals surface area (Å²) >= 11 is 0. The van der Waals surface area contributed by atoms with Crippen LogP contribution in [0.2, 0.25) is 0 Å². The molecule has 82 valence electrons. The molecule has 1 unspecified atom stereocenters. The Labute approximate surface area is 84.3 Å². The van der Waals surface area contributed by atoms with Crippen molar-refractivity contribution in [1.29, 1.82) is 0 Å². The summed E-state index contributed by atoms with van der Waals surface area (Å²) in [6.45, 7) is 1.22. The van der Waals surface area contributed by atoms with Gasteiger partial charge in [0.15, 0.2) is 11.6 Å². The molecule has 1 aromatic heterocycles. The first-order valence-corrected chi connectivity index (χ1v) is 4.52. The van der Waals surface area contributed by atoms with Gasteiger partial charge in [-0.05, 0) is 0 Å². The van der Waals surface area contributed by atoms with Crippen molar-refractivity contribution in [2.45, 2.75) is 6.10 Å². The number of aromatic nitrogens is 1. The predicted octanol–water partition coefficient (Wildman–Crippen LogP) is 1.16. The first-order valence-electron chi connectivity index (χ1n) is 4.52. The van der Waals surface area contributed by atoms with Gasteiger partial charge in [-0.25, -0.2) is 13.8 Å². The number of rotatable bonds is 1. The molecule has 15 heavy (non-hydrogen) atoms. The van der Waals surface area contributed by atoms with Gasteiger partial charge in [0.25, 0.3) is 0 Å². The van der Waals surface area contributed by atoms with E-state index in [9.17, 15) is 13.2 Å². The molecule has 2 heterocycles. The summed E-state index contributed by atoms with van der Waals surface area (Å²) in [5.74, 6) is -3.47. The highest BCUT2D eigenvalue weighted by atomic mass is 19.2. The van der Waals surface area contributed by atoms with Gasteiger partial charge in [-0.1, -0.05) is 0 Å². The molecule has 0 spiro atoms. The Kier molecular flexibility index (Phi) is 2.88. The zero-order valence-electron chi connectivity index (χ0n) is 7.77. The molecular formula is C9H9F3N2O. The number of ether oxygens (including phenoxy) is 1. The lowest BCUT2D eigenvalue weighted by molar-refractivity contribution is 0.0225. The molecule has 0 aliphatic carbocycles. The van der Waals surface area contributed by atoms with E-state index < -0.39 is 29.2 Å². The highest BCUT2D eigenvalue weighted by Crippen LogP contribution is 2.25. The maximum Gasteiger partial charge on any atom is 0.249 e. The number of hydrogen-bond acceptors (Lipinski definition) is 3. The summed E-state index contributed by atoms with van der Waals surface area (Å²) in [5.41, 5.74) is -0.394. The second-order valence-corrected chi connectivity index (χ2v) is 3.19. The molecule has 0 bridgehead atoms. The third kappa shape index (κ3) is 1.95. The van der Waals surface area contributed by atoms with Crippen molar-refractivity contribution in [2.24, 2.45) is 0 Å². The summed E-state index contributed by atoms with van der Waals surface area (Å²) in [4.78, 5) is 2.94. The van der Waals surface area contributed by atoms with Crippen LogP contribution >= 0.6 is 0 Å². The van der Waals surface area contributed by atoms with Crippen LogP contribution in [-0.2, 0) is 4.74 Å². The average molecular weight is 218 g/mol. The fourth-order valence-corrected chi connectivity index (χ4v) is 1.50. The van der Waals surface area contributed by atoms with E-state index in [2.05, 4.69) is 10.3 Å². The van der Waals surface area contributed by atoms with Crippen LogP contribution in [0, 0.1) is 17.6 Å². The van der Waals surface area contributed by atoms with Crippen LogP contribution in [0.25, 0.3) is 0 Å². The van der Waals surface area contributed by atoms with E-state index in [4.69, 9.17) is 4.74 Å². The smallest absolute Gasteiger partial charge is 0.249 e. The van der Waals surface area contributed by atoms with Gasteiger partial charge in [0, 0.05) is 13.1 Å². The van der Waals surface area contributed by atoms with Crippen molar-refractivity contribution >= 4 is 0 Å². The van der Waals surface area contributed by atoms with Crippen LogP contribution in [-0.4, -0.2) is 24.7 Å². The lowest BCUT2D eigenvalue weighted by Crippen LogP contribution is -2.34. The third-order valence-electron chi connectivity index (χ3n) is 2.22. The van der Waals surface area contributed by atoms with Crippen molar-refractivity contribution in [3.63, 3.8) is 0 Å². The fourth-order valence-electron chi connectivity index (χ4n) is 1.50. The van der Waals surface area contributed by atoms with Crippen LogP contribution in [0.3, 0.4) is 0 Å². The summed E-state index contributed by atoms with van der Waals surface area (Å²) in [7, 11) is 0. The lowest BCUT2D eigenvalue weighted by atomic mass is 10.1. The van der Waals surface area contributed by atoms with E-state index >= 15 is 0 Å². The molecule has 1 aliphatic rings. The van der Waals surface area contributed by atoms with Crippen molar-refractivity contribution in [3.05, 3.63) is 29.3 Å². The number of pyridine rings is 1. The van der Waals surface area contributed by atoms with Crippen LogP contribution in [0.5, 0.6) is 0 Å². The van der Waals surface area contributed by atoms with Crippen molar-refractivity contribution in [3.8, 4) is 0 Å². The number of nitrogens with zero attached hydrogens (tertiary/aromatic N) is 1. The van der Waals surface area contributed by atoms with Crippen LogP contribution in [0.1, 0.15) is 11.7 Å². The third-order valence-corrected chi connectivity index (χ3v) is 2.22. The molecule has 1 fully saturated rings. The van der Waals surface area contributed by atoms with Gasteiger partial charge >= 0.3 is 0 Å². The summed E-state index contributed by atoms with van der Waals surface area (Å²) < 4.78 is 44.4. The number of nitrogens with one attached hydrogen (secondary N) is 1. The highest BCUT2D eigenvalue weighted by molar-refractivity contribution is 5.20. The standard InChI is InChI=1S/C9H9F3N2O/c10-5-3-14-9(12)8(11)7(5)6-4-13-1-2-15-6/h3,6,13H,1-2,4H2. The molecule has 2 rings (SSSR count).